The highest BCUT2D eigenvalue weighted by molar-refractivity contribution is 7.25. The van der Waals surface area contributed by atoms with Crippen molar-refractivity contribution in [1.82, 2.24) is 15.0 Å². The number of aromatic nitrogens is 3. The highest BCUT2D eigenvalue weighted by atomic mass is 32.1. The first-order chi connectivity index (χ1) is 25.3. The van der Waals surface area contributed by atoms with Crippen molar-refractivity contribution in [1.29, 1.82) is 0 Å². The smallest absolute Gasteiger partial charge is 0.164 e. The van der Waals surface area contributed by atoms with Crippen molar-refractivity contribution in [3.63, 3.8) is 0 Å². The van der Waals surface area contributed by atoms with Crippen molar-refractivity contribution in [2.45, 2.75) is 0 Å². The SMILES string of the molecule is c1ccc(-c2nc(-c3ccc4sc5ccccc5c4c3)nc(-c3cccc4oc5c(-c6cccc7c6oc6ccccc67)cccc5c34)n2)cc1. The number of hydrogen-bond acceptors (Lipinski definition) is 6. The van der Waals surface area contributed by atoms with Crippen molar-refractivity contribution >= 4 is 75.4 Å². The Bertz CT molecular complexity index is 3160. The van der Waals surface area contributed by atoms with Gasteiger partial charge >= 0.3 is 0 Å². The Labute approximate surface area is 295 Å². The third-order valence-corrected chi connectivity index (χ3v) is 10.9. The summed E-state index contributed by atoms with van der Waals surface area (Å²) in [6.07, 6.45) is 0. The Morgan fingerprint density at radius 3 is 1.82 bits per heavy atom. The average molecular weight is 672 g/mol. The molecule has 11 rings (SSSR count). The molecule has 0 aliphatic heterocycles. The maximum absolute atomic E-state index is 6.72. The summed E-state index contributed by atoms with van der Waals surface area (Å²) in [5.41, 5.74) is 7.97. The molecule has 0 amide bonds. The molecule has 0 saturated heterocycles. The Morgan fingerprint density at radius 1 is 0.373 bits per heavy atom. The van der Waals surface area contributed by atoms with Crippen LogP contribution in [0.1, 0.15) is 0 Å². The second kappa shape index (κ2) is 10.9. The summed E-state index contributed by atoms with van der Waals surface area (Å²) >= 11 is 1.80. The van der Waals surface area contributed by atoms with E-state index in [9.17, 15) is 0 Å². The molecule has 0 fully saturated rings. The molecule has 7 aromatic carbocycles. The standard InChI is InChI=1S/C45H25N3O2S/c1-2-11-26(12-3-1)43-46-44(27-23-24-39-35(25-27)29-14-5-7-22-38(29)51-39)48-45(47-43)34-19-10-21-37-40(34)33-18-9-17-32(42(33)50-37)31-16-8-15-30-28-13-4-6-20-36(28)49-41(30)31/h1-25H. The molecule has 4 heterocycles. The van der Waals surface area contributed by atoms with Gasteiger partial charge in [0.1, 0.15) is 22.3 Å². The molecule has 0 unspecified atom stereocenters. The predicted octanol–water partition coefficient (Wildman–Crippen LogP) is 12.7. The van der Waals surface area contributed by atoms with E-state index in [0.717, 1.165) is 71.7 Å². The van der Waals surface area contributed by atoms with Gasteiger partial charge in [-0.2, -0.15) is 0 Å². The largest absolute Gasteiger partial charge is 0.455 e. The highest BCUT2D eigenvalue weighted by Crippen LogP contribution is 2.43. The van der Waals surface area contributed by atoms with Gasteiger partial charge in [0.25, 0.3) is 0 Å². The molecule has 0 bridgehead atoms. The molecule has 4 aromatic heterocycles. The third kappa shape index (κ3) is 4.37. The molecule has 0 N–H and O–H groups in total. The minimum absolute atomic E-state index is 0.590. The fraction of sp³-hybridized carbons (Fsp3) is 0. The topological polar surface area (TPSA) is 65.0 Å². The fourth-order valence-electron chi connectivity index (χ4n) is 7.41. The minimum atomic E-state index is 0.590. The van der Waals surface area contributed by atoms with Gasteiger partial charge < -0.3 is 8.83 Å². The molecule has 0 atom stereocenters. The van der Waals surface area contributed by atoms with Gasteiger partial charge in [0.15, 0.2) is 17.5 Å². The molecule has 0 aliphatic rings. The van der Waals surface area contributed by atoms with E-state index >= 15 is 0 Å². The van der Waals surface area contributed by atoms with Crippen LogP contribution in [-0.2, 0) is 0 Å². The van der Waals surface area contributed by atoms with E-state index in [1.54, 1.807) is 11.3 Å². The van der Waals surface area contributed by atoms with Crippen LogP contribution < -0.4 is 0 Å². The summed E-state index contributed by atoms with van der Waals surface area (Å²) < 4.78 is 15.7. The van der Waals surface area contributed by atoms with Gasteiger partial charge in [-0.15, -0.1) is 11.3 Å². The van der Waals surface area contributed by atoms with E-state index in [-0.39, 0.29) is 0 Å². The van der Waals surface area contributed by atoms with Gasteiger partial charge in [0, 0.05) is 69.5 Å². The Kier molecular flexibility index (Phi) is 6.05. The van der Waals surface area contributed by atoms with Gasteiger partial charge in [-0.1, -0.05) is 115 Å². The van der Waals surface area contributed by atoms with Gasteiger partial charge in [-0.25, -0.2) is 15.0 Å². The monoisotopic (exact) mass is 671 g/mol. The molecule has 0 aliphatic carbocycles. The van der Waals surface area contributed by atoms with Crippen molar-refractivity contribution in [3.05, 3.63) is 152 Å². The fourth-order valence-corrected chi connectivity index (χ4v) is 8.50. The van der Waals surface area contributed by atoms with Crippen molar-refractivity contribution < 1.29 is 8.83 Å². The molecule has 0 saturated carbocycles. The number of rotatable bonds is 4. The normalized spacial score (nSPS) is 11.9. The van der Waals surface area contributed by atoms with E-state index in [2.05, 4.69) is 91.0 Å². The van der Waals surface area contributed by atoms with Crippen molar-refractivity contribution in [3.8, 4) is 45.3 Å². The lowest BCUT2D eigenvalue weighted by Crippen LogP contribution is -2.00. The summed E-state index contributed by atoms with van der Waals surface area (Å²) in [4.78, 5) is 15.3. The zero-order chi connectivity index (χ0) is 33.5. The van der Waals surface area contributed by atoms with Crippen LogP contribution in [-0.4, -0.2) is 15.0 Å². The quantitative estimate of drug-likeness (QED) is 0.186. The molecule has 6 heteroatoms. The first-order valence-corrected chi connectivity index (χ1v) is 17.7. The van der Waals surface area contributed by atoms with Gasteiger partial charge in [0.2, 0.25) is 0 Å². The number of para-hydroxylation sites is 3. The van der Waals surface area contributed by atoms with Gasteiger partial charge in [-0.3, -0.25) is 0 Å². The number of benzene rings is 7. The lowest BCUT2D eigenvalue weighted by Gasteiger charge is -2.09. The van der Waals surface area contributed by atoms with Gasteiger partial charge in [-0.05, 0) is 36.4 Å². The molecule has 5 nitrogen and oxygen atoms in total. The number of furan rings is 2. The molecular weight excluding hydrogens is 647 g/mol. The zero-order valence-corrected chi connectivity index (χ0v) is 27.8. The van der Waals surface area contributed by atoms with Crippen LogP contribution in [0.5, 0.6) is 0 Å². The summed E-state index contributed by atoms with van der Waals surface area (Å²) in [5.74, 6) is 1.83. The molecule has 238 valence electrons. The first-order valence-electron chi connectivity index (χ1n) is 16.9. The Morgan fingerprint density at radius 2 is 0.961 bits per heavy atom. The van der Waals surface area contributed by atoms with Crippen LogP contribution in [0.4, 0.5) is 0 Å². The van der Waals surface area contributed by atoms with Crippen LogP contribution >= 0.6 is 11.3 Å². The average Bonchev–Trinajstić information content (AvgIpc) is 3.89. The highest BCUT2D eigenvalue weighted by Gasteiger charge is 2.21. The van der Waals surface area contributed by atoms with E-state index in [0.29, 0.717) is 17.5 Å². The number of hydrogen-bond donors (Lipinski definition) is 0. The molecule has 51 heavy (non-hydrogen) atoms. The maximum atomic E-state index is 6.72. The summed E-state index contributed by atoms with van der Waals surface area (Å²) in [7, 11) is 0. The second-order valence-corrected chi connectivity index (χ2v) is 13.8. The number of fused-ring (bicyclic) bond motifs is 9. The predicted molar refractivity (Wildman–Crippen MR) is 209 cm³/mol. The first kappa shape index (κ1) is 28.2. The third-order valence-electron chi connectivity index (χ3n) is 9.76. The van der Waals surface area contributed by atoms with Crippen LogP contribution in [0.25, 0.3) is 109 Å². The maximum Gasteiger partial charge on any atom is 0.164 e. The minimum Gasteiger partial charge on any atom is -0.455 e. The van der Waals surface area contributed by atoms with E-state index < -0.39 is 0 Å². The van der Waals surface area contributed by atoms with Crippen LogP contribution in [0.2, 0.25) is 0 Å². The molecule has 0 spiro atoms. The second-order valence-electron chi connectivity index (χ2n) is 12.7. The van der Waals surface area contributed by atoms with Gasteiger partial charge in [0.05, 0.1) is 0 Å². The number of nitrogens with zero attached hydrogens (tertiary/aromatic N) is 3. The summed E-state index contributed by atoms with van der Waals surface area (Å²) in [5, 5.41) is 6.56. The van der Waals surface area contributed by atoms with Crippen LogP contribution in [0.3, 0.4) is 0 Å². The van der Waals surface area contributed by atoms with Crippen LogP contribution in [0, 0.1) is 0 Å². The molecule has 11 aromatic rings. The van der Waals surface area contributed by atoms with Crippen molar-refractivity contribution in [2.24, 2.45) is 0 Å². The van der Waals surface area contributed by atoms with Crippen LogP contribution in [0.15, 0.2) is 160 Å². The lowest BCUT2D eigenvalue weighted by molar-refractivity contribution is 0.665. The summed E-state index contributed by atoms with van der Waals surface area (Å²) in [6.45, 7) is 0. The van der Waals surface area contributed by atoms with E-state index in [1.165, 1.54) is 20.2 Å². The summed E-state index contributed by atoms with van der Waals surface area (Å²) in [6, 6.07) is 52.0. The molecular formula is C45H25N3O2S. The molecule has 0 radical (unpaired) electrons. The number of thiophene rings is 1. The lowest BCUT2D eigenvalue weighted by atomic mass is 9.98. The van der Waals surface area contributed by atoms with Crippen molar-refractivity contribution in [2.75, 3.05) is 0 Å². The Hall–Kier alpha value is -6.63. The Balaban J connectivity index is 1.14. The van der Waals surface area contributed by atoms with E-state index in [4.69, 9.17) is 23.8 Å². The van der Waals surface area contributed by atoms with E-state index in [1.807, 2.05) is 60.7 Å². The zero-order valence-electron chi connectivity index (χ0n) is 27.0.